The third kappa shape index (κ3) is 5.20. The van der Waals surface area contributed by atoms with Crippen LogP contribution in [0.25, 0.3) is 11.8 Å². The van der Waals surface area contributed by atoms with Crippen molar-refractivity contribution in [2.24, 2.45) is 4.99 Å². The zero-order valence-electron chi connectivity index (χ0n) is 23.1. The smallest absolute Gasteiger partial charge is 0.271 e. The molecule has 0 saturated carbocycles. The molecule has 218 valence electrons. The van der Waals surface area contributed by atoms with E-state index in [1.165, 1.54) is 41.2 Å². The lowest BCUT2D eigenvalue weighted by Crippen LogP contribution is -2.38. The molecule has 0 radical (unpaired) electrons. The summed E-state index contributed by atoms with van der Waals surface area (Å²) in [6, 6.07) is 26.0. The van der Waals surface area contributed by atoms with E-state index in [2.05, 4.69) is 28.1 Å². The van der Waals surface area contributed by atoms with E-state index in [0.717, 1.165) is 46.4 Å². The second-order valence-electron chi connectivity index (χ2n) is 10.6. The molecule has 0 unspecified atom stereocenters. The van der Waals surface area contributed by atoms with Gasteiger partial charge in [-0.3, -0.25) is 19.5 Å². The Morgan fingerprint density at radius 3 is 2.57 bits per heavy atom. The van der Waals surface area contributed by atoms with Gasteiger partial charge < -0.3 is 4.74 Å². The third-order valence-corrected chi connectivity index (χ3v) is 9.46. The first-order valence-electron chi connectivity index (χ1n) is 13.9. The maximum atomic E-state index is 14.0. The fourth-order valence-electron chi connectivity index (χ4n) is 5.72. The maximum absolute atomic E-state index is 14.0. The van der Waals surface area contributed by atoms with Gasteiger partial charge >= 0.3 is 0 Å². The number of hydrogen-bond acceptors (Lipinski definition) is 6. The standard InChI is InChI=1S/C34H23BrFN3O4S/c35-28-17-21(7-16-29(28)43-19-20-5-13-25(14-6-20)39(41)42)18-30-33(40)38-32(23-8-11-24(36)12-9-23)27-15-10-22-3-1-2-4-26(22)31(27)37-34(38)44-30/h1-9,11-14,16-18,32H,10,15,19H2/b30-18+/t32-/m1/s1. The summed E-state index contributed by atoms with van der Waals surface area (Å²) < 4.78 is 22.8. The predicted molar refractivity (Wildman–Crippen MR) is 171 cm³/mol. The number of aryl methyl sites for hydroxylation is 1. The number of nitro groups is 1. The zero-order valence-corrected chi connectivity index (χ0v) is 25.5. The van der Waals surface area contributed by atoms with E-state index >= 15 is 0 Å². The van der Waals surface area contributed by atoms with E-state index in [1.54, 1.807) is 28.8 Å². The summed E-state index contributed by atoms with van der Waals surface area (Å²) >= 11 is 4.91. The molecule has 0 saturated heterocycles. The fraction of sp³-hybridized carbons (Fsp3) is 0.118. The Kier molecular flexibility index (Phi) is 7.31. The lowest BCUT2D eigenvalue weighted by Gasteiger charge is -2.30. The average Bonchev–Trinajstić information content (AvgIpc) is 3.34. The monoisotopic (exact) mass is 667 g/mol. The van der Waals surface area contributed by atoms with Crippen LogP contribution in [-0.4, -0.2) is 9.49 Å². The highest BCUT2D eigenvalue weighted by atomic mass is 79.9. The molecule has 0 fully saturated rings. The Morgan fingerprint density at radius 1 is 1.05 bits per heavy atom. The van der Waals surface area contributed by atoms with Gasteiger partial charge in [0.2, 0.25) is 0 Å². The highest BCUT2D eigenvalue weighted by Gasteiger charge is 2.32. The van der Waals surface area contributed by atoms with Gasteiger partial charge in [0.05, 0.1) is 25.7 Å². The molecular weight excluding hydrogens is 645 g/mol. The Balaban J connectivity index is 1.25. The van der Waals surface area contributed by atoms with E-state index in [1.807, 2.05) is 36.4 Å². The van der Waals surface area contributed by atoms with Crippen LogP contribution >= 0.6 is 27.3 Å². The normalized spacial score (nSPS) is 15.7. The van der Waals surface area contributed by atoms with Gasteiger partial charge in [-0.25, -0.2) is 9.38 Å². The largest absolute Gasteiger partial charge is 0.488 e. The summed E-state index contributed by atoms with van der Waals surface area (Å²) in [5, 5.41) is 10.9. The topological polar surface area (TPSA) is 86.7 Å². The molecule has 1 aromatic heterocycles. The van der Waals surface area contributed by atoms with Crippen LogP contribution in [0.1, 0.15) is 40.3 Å². The molecular formula is C34H23BrFN3O4S. The third-order valence-electron chi connectivity index (χ3n) is 7.85. The van der Waals surface area contributed by atoms with Crippen molar-refractivity contribution in [3.63, 3.8) is 0 Å². The van der Waals surface area contributed by atoms with Crippen molar-refractivity contribution in [2.45, 2.75) is 25.5 Å². The van der Waals surface area contributed by atoms with Gasteiger partial charge in [0.25, 0.3) is 11.2 Å². The first-order chi connectivity index (χ1) is 21.4. The molecule has 44 heavy (non-hydrogen) atoms. The number of ether oxygens (including phenoxy) is 1. The quantitative estimate of drug-likeness (QED) is 0.149. The van der Waals surface area contributed by atoms with E-state index in [9.17, 15) is 19.3 Å². The number of allylic oxidation sites excluding steroid dienone is 1. The fourth-order valence-corrected chi connectivity index (χ4v) is 7.23. The number of fused-ring (bicyclic) bond motifs is 3. The van der Waals surface area contributed by atoms with E-state index in [0.29, 0.717) is 19.6 Å². The molecule has 5 aromatic rings. The summed E-state index contributed by atoms with van der Waals surface area (Å²) in [6.07, 6.45) is 3.45. The maximum Gasteiger partial charge on any atom is 0.271 e. The van der Waals surface area contributed by atoms with Crippen molar-refractivity contribution >= 4 is 44.7 Å². The number of hydrogen-bond donors (Lipinski definition) is 0. The minimum atomic E-state index is -0.437. The van der Waals surface area contributed by atoms with Crippen molar-refractivity contribution in [3.05, 3.63) is 164 Å². The van der Waals surface area contributed by atoms with Crippen molar-refractivity contribution < 1.29 is 14.1 Å². The van der Waals surface area contributed by atoms with E-state index < -0.39 is 4.92 Å². The second kappa shape index (κ2) is 11.4. The summed E-state index contributed by atoms with van der Waals surface area (Å²) in [7, 11) is 0. The van der Waals surface area contributed by atoms with E-state index in [4.69, 9.17) is 9.73 Å². The van der Waals surface area contributed by atoms with Gasteiger partial charge in [0.1, 0.15) is 18.2 Å². The number of halogens is 2. The highest BCUT2D eigenvalue weighted by Crippen LogP contribution is 2.41. The van der Waals surface area contributed by atoms with Gasteiger partial charge in [-0.2, -0.15) is 0 Å². The first kappa shape index (κ1) is 28.1. The van der Waals surface area contributed by atoms with Crippen LogP contribution in [0.15, 0.2) is 111 Å². The molecule has 0 spiro atoms. The Morgan fingerprint density at radius 2 is 1.82 bits per heavy atom. The van der Waals surface area contributed by atoms with Crippen LogP contribution < -0.4 is 19.6 Å². The molecule has 0 N–H and O–H groups in total. The number of non-ortho nitro benzene ring substituents is 1. The lowest BCUT2D eigenvalue weighted by molar-refractivity contribution is -0.384. The molecule has 1 atom stereocenters. The van der Waals surface area contributed by atoms with Crippen LogP contribution in [-0.2, 0) is 13.0 Å². The summed E-state index contributed by atoms with van der Waals surface area (Å²) in [4.78, 5) is 30.1. The minimum absolute atomic E-state index is 0.0264. The number of rotatable bonds is 6. The van der Waals surface area contributed by atoms with E-state index in [-0.39, 0.29) is 29.7 Å². The molecule has 2 heterocycles. The van der Waals surface area contributed by atoms with Gasteiger partial charge in [0, 0.05) is 17.7 Å². The van der Waals surface area contributed by atoms with Gasteiger partial charge in [-0.1, -0.05) is 53.8 Å². The molecule has 7 rings (SSSR count). The number of thiazole rings is 1. The second-order valence-corrected chi connectivity index (χ2v) is 12.4. The molecule has 1 aliphatic carbocycles. The Bertz CT molecular complexity index is 2150. The first-order valence-corrected chi connectivity index (χ1v) is 15.5. The van der Waals surface area contributed by atoms with Crippen LogP contribution in [0.4, 0.5) is 10.1 Å². The van der Waals surface area contributed by atoms with Crippen LogP contribution in [0.3, 0.4) is 0 Å². The molecule has 10 heteroatoms. The van der Waals surface area contributed by atoms with Gasteiger partial charge in [0.15, 0.2) is 4.80 Å². The highest BCUT2D eigenvalue weighted by molar-refractivity contribution is 9.10. The van der Waals surface area contributed by atoms with Crippen LogP contribution in [0, 0.1) is 15.9 Å². The van der Waals surface area contributed by atoms with Crippen LogP contribution in [0.5, 0.6) is 5.75 Å². The van der Waals surface area contributed by atoms with Gasteiger partial charge in [-0.15, -0.1) is 0 Å². The van der Waals surface area contributed by atoms with Gasteiger partial charge in [-0.05, 0) is 99.1 Å². The summed E-state index contributed by atoms with van der Waals surface area (Å²) in [5.74, 6) is 0.278. The molecule has 7 nitrogen and oxygen atoms in total. The SMILES string of the molecule is O=c1/c(=C\c2ccc(OCc3ccc([N+](=O)[O-])cc3)c(Br)c2)sc2n1[C@H](c1ccc(F)cc1)C1=C(N=2)c2ccccc2CC1. The summed E-state index contributed by atoms with van der Waals surface area (Å²) in [5.41, 5.74) is 6.59. The number of aromatic nitrogens is 1. The molecule has 2 aliphatic rings. The van der Waals surface area contributed by atoms with Crippen molar-refractivity contribution in [1.82, 2.24) is 4.57 Å². The minimum Gasteiger partial charge on any atom is -0.488 e. The molecule has 0 amide bonds. The number of nitro benzene ring substituents is 1. The van der Waals surface area contributed by atoms with Crippen molar-refractivity contribution in [3.8, 4) is 5.75 Å². The summed E-state index contributed by atoms with van der Waals surface area (Å²) in [6.45, 7) is 0.242. The molecule has 4 aromatic carbocycles. The molecule has 1 aliphatic heterocycles. The average molecular weight is 669 g/mol. The number of nitrogens with zero attached hydrogens (tertiary/aromatic N) is 3. The Labute approximate surface area is 263 Å². The number of benzene rings is 4. The van der Waals surface area contributed by atoms with Crippen molar-refractivity contribution in [2.75, 3.05) is 0 Å². The zero-order chi connectivity index (χ0) is 30.4. The Hall–Kier alpha value is -4.67. The molecule has 0 bridgehead atoms. The predicted octanol–water partition coefficient (Wildman–Crippen LogP) is 6.71. The lowest BCUT2D eigenvalue weighted by atomic mass is 9.83. The van der Waals surface area contributed by atoms with Crippen LogP contribution in [0.2, 0.25) is 0 Å². The van der Waals surface area contributed by atoms with Crippen molar-refractivity contribution in [1.29, 1.82) is 0 Å².